The van der Waals surface area contributed by atoms with Gasteiger partial charge in [-0.1, -0.05) is 13.3 Å². The van der Waals surface area contributed by atoms with Crippen LogP contribution in [-0.4, -0.2) is 30.8 Å². The van der Waals surface area contributed by atoms with Crippen LogP contribution in [0.5, 0.6) is 5.88 Å². The van der Waals surface area contributed by atoms with E-state index in [1.54, 1.807) is 0 Å². The molecular weight excluding hydrogens is 252 g/mol. The maximum absolute atomic E-state index is 5.67. The van der Waals surface area contributed by atoms with Gasteiger partial charge >= 0.3 is 0 Å². The third-order valence-electron chi connectivity index (χ3n) is 3.28. The predicted molar refractivity (Wildman–Crippen MR) is 80.1 cm³/mol. The summed E-state index contributed by atoms with van der Waals surface area (Å²) in [6.07, 6.45) is 4.89. The molecule has 0 aromatic carbocycles. The monoisotopic (exact) mass is 278 g/mol. The Morgan fingerprint density at radius 3 is 2.85 bits per heavy atom. The molecule has 0 bridgehead atoms. The van der Waals surface area contributed by atoms with Crippen LogP contribution in [0.15, 0.2) is 12.1 Å². The number of rotatable bonds is 10. The number of aryl methyl sites for hydroxylation is 1. The lowest BCUT2D eigenvalue weighted by atomic mass is 10.2. The molecule has 1 aromatic heterocycles. The molecule has 4 heteroatoms. The first kappa shape index (κ1) is 15.3. The van der Waals surface area contributed by atoms with E-state index in [4.69, 9.17) is 9.47 Å². The highest BCUT2D eigenvalue weighted by Gasteiger charge is 2.20. The van der Waals surface area contributed by atoms with Crippen molar-refractivity contribution >= 4 is 0 Å². The summed E-state index contributed by atoms with van der Waals surface area (Å²) < 4.78 is 11.1. The van der Waals surface area contributed by atoms with Gasteiger partial charge in [0.25, 0.3) is 0 Å². The highest BCUT2D eigenvalue weighted by molar-refractivity contribution is 5.24. The van der Waals surface area contributed by atoms with Gasteiger partial charge in [0.1, 0.15) is 6.61 Å². The van der Waals surface area contributed by atoms with Crippen LogP contribution in [0, 0.1) is 6.92 Å². The Hall–Kier alpha value is -1.13. The maximum atomic E-state index is 5.67. The summed E-state index contributed by atoms with van der Waals surface area (Å²) in [5.74, 6) is 0.705. The number of unbranched alkanes of at least 4 members (excludes halogenated alkanes) is 1. The molecule has 0 aliphatic heterocycles. The van der Waals surface area contributed by atoms with E-state index in [9.17, 15) is 0 Å². The van der Waals surface area contributed by atoms with Crippen molar-refractivity contribution in [3.63, 3.8) is 0 Å². The molecule has 2 rings (SSSR count). The second kappa shape index (κ2) is 8.22. The molecule has 4 nitrogen and oxygen atoms in total. The Kier molecular flexibility index (Phi) is 6.27. The third-order valence-corrected chi connectivity index (χ3v) is 3.28. The summed E-state index contributed by atoms with van der Waals surface area (Å²) >= 11 is 0. The molecule has 1 saturated carbocycles. The lowest BCUT2D eigenvalue weighted by molar-refractivity contribution is 0.0964. The second-order valence-corrected chi connectivity index (χ2v) is 5.42. The normalized spacial score (nSPS) is 14.5. The molecule has 0 unspecified atom stereocenters. The van der Waals surface area contributed by atoms with E-state index in [2.05, 4.69) is 23.3 Å². The van der Waals surface area contributed by atoms with Gasteiger partial charge in [-0.2, -0.15) is 0 Å². The number of pyridine rings is 1. The first-order chi connectivity index (χ1) is 9.78. The summed E-state index contributed by atoms with van der Waals surface area (Å²) in [4.78, 5) is 4.40. The predicted octanol–water partition coefficient (Wildman–Crippen LogP) is 2.84. The molecule has 1 aromatic rings. The van der Waals surface area contributed by atoms with E-state index in [0.29, 0.717) is 19.1 Å². The minimum atomic E-state index is 0.565. The Labute approximate surface area is 121 Å². The Morgan fingerprint density at radius 1 is 1.25 bits per heavy atom. The van der Waals surface area contributed by atoms with Crippen molar-refractivity contribution in [3.8, 4) is 5.88 Å². The topological polar surface area (TPSA) is 43.4 Å². The van der Waals surface area contributed by atoms with Crippen LogP contribution in [0.2, 0.25) is 0 Å². The number of hydrogen-bond donors (Lipinski definition) is 1. The quantitative estimate of drug-likeness (QED) is 0.668. The fraction of sp³-hybridized carbons (Fsp3) is 0.688. The van der Waals surface area contributed by atoms with Crippen LogP contribution in [0.1, 0.15) is 43.9 Å². The van der Waals surface area contributed by atoms with Crippen molar-refractivity contribution in [2.24, 2.45) is 0 Å². The largest absolute Gasteiger partial charge is 0.475 e. The van der Waals surface area contributed by atoms with E-state index in [-0.39, 0.29) is 0 Å². The summed E-state index contributed by atoms with van der Waals surface area (Å²) in [5.41, 5.74) is 2.24. The molecule has 0 saturated heterocycles. The molecule has 0 radical (unpaired) electrons. The molecule has 0 spiro atoms. The fourth-order valence-corrected chi connectivity index (χ4v) is 1.99. The Bertz CT molecular complexity index is 405. The van der Waals surface area contributed by atoms with Crippen molar-refractivity contribution in [2.45, 2.75) is 52.1 Å². The maximum Gasteiger partial charge on any atom is 0.213 e. The molecular formula is C16H26N2O2. The van der Waals surface area contributed by atoms with E-state index < -0.39 is 0 Å². The van der Waals surface area contributed by atoms with Gasteiger partial charge < -0.3 is 14.8 Å². The van der Waals surface area contributed by atoms with Crippen LogP contribution < -0.4 is 10.1 Å². The van der Waals surface area contributed by atoms with E-state index in [1.165, 1.54) is 18.4 Å². The van der Waals surface area contributed by atoms with E-state index in [0.717, 1.165) is 37.7 Å². The molecule has 1 heterocycles. The average molecular weight is 278 g/mol. The summed E-state index contributed by atoms with van der Waals surface area (Å²) in [7, 11) is 0. The second-order valence-electron chi connectivity index (χ2n) is 5.42. The zero-order valence-electron chi connectivity index (χ0n) is 12.7. The van der Waals surface area contributed by atoms with Gasteiger partial charge in [0.2, 0.25) is 5.88 Å². The van der Waals surface area contributed by atoms with Gasteiger partial charge in [-0.05, 0) is 37.8 Å². The number of nitrogens with one attached hydrogen (secondary N) is 1. The lowest BCUT2D eigenvalue weighted by Gasteiger charge is -2.09. The van der Waals surface area contributed by atoms with Crippen LogP contribution in [0.3, 0.4) is 0 Å². The smallest absolute Gasteiger partial charge is 0.213 e. The van der Waals surface area contributed by atoms with Crippen molar-refractivity contribution in [1.29, 1.82) is 0 Å². The van der Waals surface area contributed by atoms with Gasteiger partial charge in [0.05, 0.1) is 6.61 Å². The van der Waals surface area contributed by atoms with Crippen LogP contribution in [0.25, 0.3) is 0 Å². The van der Waals surface area contributed by atoms with Gasteiger partial charge in [-0.3, -0.25) is 0 Å². The zero-order valence-corrected chi connectivity index (χ0v) is 12.7. The minimum absolute atomic E-state index is 0.565. The third kappa shape index (κ3) is 5.88. The summed E-state index contributed by atoms with van der Waals surface area (Å²) in [5, 5.41) is 3.51. The van der Waals surface area contributed by atoms with Gasteiger partial charge in [0, 0.05) is 31.0 Å². The summed E-state index contributed by atoms with van der Waals surface area (Å²) in [6, 6.07) is 4.86. The average Bonchev–Trinajstić information content (AvgIpc) is 3.24. The number of ether oxygens (including phenoxy) is 2. The van der Waals surface area contributed by atoms with E-state index in [1.807, 2.05) is 13.0 Å². The van der Waals surface area contributed by atoms with Crippen molar-refractivity contribution in [2.75, 3.05) is 19.8 Å². The number of aromatic nitrogens is 1. The van der Waals surface area contributed by atoms with Crippen molar-refractivity contribution < 1.29 is 9.47 Å². The van der Waals surface area contributed by atoms with Crippen LogP contribution in [0.4, 0.5) is 0 Å². The first-order valence-electron chi connectivity index (χ1n) is 7.69. The lowest BCUT2D eigenvalue weighted by Crippen LogP contribution is -2.16. The molecule has 1 aliphatic rings. The first-order valence-corrected chi connectivity index (χ1v) is 7.69. The molecule has 0 atom stereocenters. The standard InChI is InChI=1S/C16H26N2O2/c1-3-4-7-19-8-9-20-16-11-14(10-13(2)18-16)12-17-15-5-6-15/h10-11,15,17H,3-9,12H2,1-2H3. The van der Waals surface area contributed by atoms with Crippen molar-refractivity contribution in [1.82, 2.24) is 10.3 Å². The van der Waals surface area contributed by atoms with Crippen LogP contribution >= 0.6 is 0 Å². The van der Waals surface area contributed by atoms with Gasteiger partial charge in [-0.15, -0.1) is 0 Å². The molecule has 1 fully saturated rings. The number of nitrogens with zero attached hydrogens (tertiary/aromatic N) is 1. The highest BCUT2D eigenvalue weighted by Crippen LogP contribution is 2.20. The molecule has 0 amide bonds. The Balaban J connectivity index is 1.72. The number of hydrogen-bond acceptors (Lipinski definition) is 4. The SMILES string of the molecule is CCCCOCCOc1cc(CNC2CC2)cc(C)n1. The molecule has 1 aliphatic carbocycles. The molecule has 1 N–H and O–H groups in total. The van der Waals surface area contributed by atoms with Crippen molar-refractivity contribution in [3.05, 3.63) is 23.4 Å². The Morgan fingerprint density at radius 2 is 2.10 bits per heavy atom. The minimum Gasteiger partial charge on any atom is -0.475 e. The fourth-order valence-electron chi connectivity index (χ4n) is 1.99. The molecule has 112 valence electrons. The highest BCUT2D eigenvalue weighted by atomic mass is 16.5. The zero-order chi connectivity index (χ0) is 14.2. The summed E-state index contributed by atoms with van der Waals surface area (Å²) in [6.45, 7) is 7.08. The molecule has 20 heavy (non-hydrogen) atoms. The van der Waals surface area contributed by atoms with Gasteiger partial charge in [-0.25, -0.2) is 4.98 Å². The van der Waals surface area contributed by atoms with Crippen LogP contribution in [-0.2, 0) is 11.3 Å². The van der Waals surface area contributed by atoms with E-state index >= 15 is 0 Å². The van der Waals surface area contributed by atoms with Gasteiger partial charge in [0.15, 0.2) is 0 Å².